The van der Waals surface area contributed by atoms with Crippen LogP contribution in [-0.2, 0) is 0 Å². The van der Waals surface area contributed by atoms with Gasteiger partial charge in [-0.1, -0.05) is 15.9 Å². The SMILES string of the molecule is Cc1cc(C(C)Br)ccn1. The topological polar surface area (TPSA) is 12.9 Å². The summed E-state index contributed by atoms with van der Waals surface area (Å²) in [5, 5.41) is 0. The molecular formula is C8H10BrN. The van der Waals surface area contributed by atoms with Crippen LogP contribution in [0.15, 0.2) is 18.3 Å². The second kappa shape index (κ2) is 3.15. The predicted molar refractivity (Wildman–Crippen MR) is 46.3 cm³/mol. The molecule has 0 radical (unpaired) electrons. The van der Waals surface area contributed by atoms with E-state index in [1.165, 1.54) is 5.56 Å². The third kappa shape index (κ3) is 1.81. The minimum Gasteiger partial charge on any atom is -0.262 e. The number of alkyl halides is 1. The number of nitrogens with zero attached hydrogens (tertiary/aromatic N) is 1. The molecule has 1 rings (SSSR count). The molecule has 0 aliphatic heterocycles. The van der Waals surface area contributed by atoms with Gasteiger partial charge in [0.2, 0.25) is 0 Å². The quantitative estimate of drug-likeness (QED) is 0.635. The summed E-state index contributed by atoms with van der Waals surface area (Å²) in [6, 6.07) is 4.10. The zero-order chi connectivity index (χ0) is 7.56. The molecule has 54 valence electrons. The summed E-state index contributed by atoms with van der Waals surface area (Å²) in [5.74, 6) is 0. The highest BCUT2D eigenvalue weighted by atomic mass is 79.9. The Morgan fingerprint density at radius 1 is 1.60 bits per heavy atom. The van der Waals surface area contributed by atoms with Crippen LogP contribution in [0.4, 0.5) is 0 Å². The molecule has 0 bridgehead atoms. The first-order valence-electron chi connectivity index (χ1n) is 3.27. The fraction of sp³-hybridized carbons (Fsp3) is 0.375. The Kier molecular flexibility index (Phi) is 2.44. The molecule has 1 heterocycles. The largest absolute Gasteiger partial charge is 0.262 e. The first-order valence-corrected chi connectivity index (χ1v) is 4.18. The Labute approximate surface area is 69.6 Å². The summed E-state index contributed by atoms with van der Waals surface area (Å²) in [4.78, 5) is 4.53. The molecule has 1 nitrogen and oxygen atoms in total. The van der Waals surface area contributed by atoms with Crippen molar-refractivity contribution in [3.8, 4) is 0 Å². The molecule has 2 heteroatoms. The Bertz CT molecular complexity index is 220. The number of hydrogen-bond acceptors (Lipinski definition) is 1. The lowest BCUT2D eigenvalue weighted by molar-refractivity contribution is 1.08. The Morgan fingerprint density at radius 2 is 2.30 bits per heavy atom. The molecule has 0 saturated heterocycles. The van der Waals surface area contributed by atoms with Gasteiger partial charge in [0.05, 0.1) is 0 Å². The van der Waals surface area contributed by atoms with Gasteiger partial charge in [0, 0.05) is 16.7 Å². The summed E-state index contributed by atoms with van der Waals surface area (Å²) in [6.07, 6.45) is 1.84. The van der Waals surface area contributed by atoms with Gasteiger partial charge in [-0.25, -0.2) is 0 Å². The Balaban J connectivity index is 2.96. The Morgan fingerprint density at radius 3 is 2.70 bits per heavy atom. The third-order valence-electron chi connectivity index (χ3n) is 1.38. The molecule has 0 aromatic carbocycles. The molecule has 1 unspecified atom stereocenters. The van der Waals surface area contributed by atoms with Crippen LogP contribution in [0.1, 0.15) is 23.0 Å². The Hall–Kier alpha value is -0.370. The van der Waals surface area contributed by atoms with E-state index in [9.17, 15) is 0 Å². The van der Waals surface area contributed by atoms with E-state index in [1.807, 2.05) is 19.2 Å². The molecule has 10 heavy (non-hydrogen) atoms. The van der Waals surface area contributed by atoms with Crippen molar-refractivity contribution >= 4 is 15.9 Å². The highest BCUT2D eigenvalue weighted by molar-refractivity contribution is 9.09. The fourth-order valence-corrected chi connectivity index (χ4v) is 1.10. The van der Waals surface area contributed by atoms with Crippen LogP contribution in [0, 0.1) is 6.92 Å². The standard InChI is InChI=1S/C8H10BrN/c1-6-5-8(7(2)9)3-4-10-6/h3-5,7H,1-2H3. The van der Waals surface area contributed by atoms with Crippen molar-refractivity contribution in [2.24, 2.45) is 0 Å². The summed E-state index contributed by atoms with van der Waals surface area (Å²) in [7, 11) is 0. The number of aromatic nitrogens is 1. The number of hydrogen-bond donors (Lipinski definition) is 0. The molecule has 0 fully saturated rings. The number of rotatable bonds is 1. The lowest BCUT2D eigenvalue weighted by Crippen LogP contribution is -1.86. The molecule has 0 aliphatic carbocycles. The second-order valence-electron chi connectivity index (χ2n) is 2.35. The van der Waals surface area contributed by atoms with E-state index in [0.717, 1.165) is 5.69 Å². The molecule has 0 saturated carbocycles. The van der Waals surface area contributed by atoms with Crippen LogP contribution in [0.5, 0.6) is 0 Å². The van der Waals surface area contributed by atoms with E-state index in [1.54, 1.807) is 0 Å². The van der Waals surface area contributed by atoms with Crippen LogP contribution in [-0.4, -0.2) is 4.98 Å². The molecule has 0 aliphatic rings. The minimum atomic E-state index is 0.425. The van der Waals surface area contributed by atoms with Crippen molar-refractivity contribution in [1.82, 2.24) is 4.98 Å². The number of pyridine rings is 1. The lowest BCUT2D eigenvalue weighted by Gasteiger charge is -2.02. The molecule has 0 amide bonds. The molecular weight excluding hydrogens is 190 g/mol. The maximum atomic E-state index is 4.10. The van der Waals surface area contributed by atoms with Gasteiger partial charge < -0.3 is 0 Å². The van der Waals surface area contributed by atoms with Gasteiger partial charge in [-0.3, -0.25) is 4.98 Å². The monoisotopic (exact) mass is 199 g/mol. The van der Waals surface area contributed by atoms with Gasteiger partial charge in [-0.05, 0) is 31.5 Å². The summed E-state index contributed by atoms with van der Waals surface area (Å²) in [6.45, 7) is 4.10. The summed E-state index contributed by atoms with van der Waals surface area (Å²) in [5.41, 5.74) is 2.36. The van der Waals surface area contributed by atoms with E-state index >= 15 is 0 Å². The van der Waals surface area contributed by atoms with Crippen LogP contribution < -0.4 is 0 Å². The minimum absolute atomic E-state index is 0.425. The maximum absolute atomic E-state index is 4.10. The number of aryl methyl sites for hydroxylation is 1. The van der Waals surface area contributed by atoms with Crippen molar-refractivity contribution < 1.29 is 0 Å². The van der Waals surface area contributed by atoms with Gasteiger partial charge in [-0.2, -0.15) is 0 Å². The molecule has 1 aromatic heterocycles. The highest BCUT2D eigenvalue weighted by Gasteiger charge is 1.98. The smallest absolute Gasteiger partial charge is 0.0375 e. The summed E-state index contributed by atoms with van der Waals surface area (Å²) < 4.78 is 0. The van der Waals surface area contributed by atoms with Crippen molar-refractivity contribution in [2.75, 3.05) is 0 Å². The number of halogens is 1. The zero-order valence-corrected chi connectivity index (χ0v) is 7.72. The van der Waals surface area contributed by atoms with Gasteiger partial charge in [0.15, 0.2) is 0 Å². The molecule has 1 aromatic rings. The lowest BCUT2D eigenvalue weighted by atomic mass is 10.2. The zero-order valence-electron chi connectivity index (χ0n) is 6.13. The molecule has 1 atom stereocenters. The fourth-order valence-electron chi connectivity index (χ4n) is 0.815. The molecule has 0 spiro atoms. The van der Waals surface area contributed by atoms with Gasteiger partial charge >= 0.3 is 0 Å². The second-order valence-corrected chi connectivity index (χ2v) is 3.72. The van der Waals surface area contributed by atoms with Gasteiger partial charge in [0.25, 0.3) is 0 Å². The van der Waals surface area contributed by atoms with E-state index in [4.69, 9.17) is 0 Å². The third-order valence-corrected chi connectivity index (χ3v) is 1.91. The van der Waals surface area contributed by atoms with Crippen LogP contribution in [0.2, 0.25) is 0 Å². The van der Waals surface area contributed by atoms with E-state index in [2.05, 4.69) is 33.9 Å². The summed E-state index contributed by atoms with van der Waals surface area (Å²) >= 11 is 3.49. The average molecular weight is 200 g/mol. The van der Waals surface area contributed by atoms with Crippen LogP contribution >= 0.6 is 15.9 Å². The van der Waals surface area contributed by atoms with E-state index in [0.29, 0.717) is 4.83 Å². The average Bonchev–Trinajstić information content (AvgIpc) is 1.88. The van der Waals surface area contributed by atoms with E-state index < -0.39 is 0 Å². The van der Waals surface area contributed by atoms with Crippen LogP contribution in [0.3, 0.4) is 0 Å². The van der Waals surface area contributed by atoms with Crippen molar-refractivity contribution in [3.63, 3.8) is 0 Å². The highest BCUT2D eigenvalue weighted by Crippen LogP contribution is 2.20. The first-order chi connectivity index (χ1) is 4.70. The van der Waals surface area contributed by atoms with Crippen molar-refractivity contribution in [2.45, 2.75) is 18.7 Å². The molecule has 0 N–H and O–H groups in total. The van der Waals surface area contributed by atoms with Crippen molar-refractivity contribution in [1.29, 1.82) is 0 Å². The predicted octanol–water partition coefficient (Wildman–Crippen LogP) is 2.85. The maximum Gasteiger partial charge on any atom is 0.0375 e. The first kappa shape index (κ1) is 7.73. The van der Waals surface area contributed by atoms with Crippen LogP contribution in [0.25, 0.3) is 0 Å². The van der Waals surface area contributed by atoms with Gasteiger partial charge in [0.1, 0.15) is 0 Å². The van der Waals surface area contributed by atoms with Crippen molar-refractivity contribution in [3.05, 3.63) is 29.6 Å². The van der Waals surface area contributed by atoms with Gasteiger partial charge in [-0.15, -0.1) is 0 Å². The van der Waals surface area contributed by atoms with E-state index in [-0.39, 0.29) is 0 Å². The normalized spacial score (nSPS) is 13.1.